The molecular weight excluding hydrogens is 336 g/mol. The van der Waals surface area contributed by atoms with Crippen molar-refractivity contribution in [1.29, 1.82) is 0 Å². The molecule has 1 fully saturated rings. The summed E-state index contributed by atoms with van der Waals surface area (Å²) in [6.45, 7) is 5.03. The van der Waals surface area contributed by atoms with Gasteiger partial charge in [-0.1, -0.05) is 44.2 Å². The van der Waals surface area contributed by atoms with E-state index in [1.165, 1.54) is 11.1 Å². The van der Waals surface area contributed by atoms with Gasteiger partial charge in [0.05, 0.1) is 6.54 Å². The van der Waals surface area contributed by atoms with E-state index in [1.54, 1.807) is 7.05 Å². The number of fused-ring (bicyclic) bond motifs is 1. The molecule has 3 aromatic rings. The third-order valence-electron chi connectivity index (χ3n) is 5.17. The van der Waals surface area contributed by atoms with Gasteiger partial charge in [-0.05, 0) is 35.6 Å². The van der Waals surface area contributed by atoms with Gasteiger partial charge in [0.15, 0.2) is 17.4 Å². The molecule has 0 aliphatic heterocycles. The lowest BCUT2D eigenvalue weighted by molar-refractivity contribution is 0.753. The summed E-state index contributed by atoms with van der Waals surface area (Å²) in [5, 5.41) is 15.3. The fraction of sp³-hybridized carbons (Fsp3) is 0.381. The summed E-state index contributed by atoms with van der Waals surface area (Å²) in [5.74, 6) is 2.79. The Bertz CT molecular complexity index is 941. The van der Waals surface area contributed by atoms with Crippen molar-refractivity contribution in [2.45, 2.75) is 44.7 Å². The molecule has 1 aromatic carbocycles. The first-order valence-electron chi connectivity index (χ1n) is 9.51. The molecule has 140 valence electrons. The van der Waals surface area contributed by atoms with Gasteiger partial charge < -0.3 is 10.6 Å². The van der Waals surface area contributed by atoms with Gasteiger partial charge in [-0.2, -0.15) is 0 Å². The third kappa shape index (κ3) is 3.79. The minimum atomic E-state index is 0.427. The lowest BCUT2D eigenvalue weighted by Gasteiger charge is -2.11. The molecule has 0 amide bonds. The number of guanidine groups is 1. The van der Waals surface area contributed by atoms with Crippen LogP contribution in [-0.4, -0.2) is 33.6 Å². The van der Waals surface area contributed by atoms with Crippen LogP contribution >= 0.6 is 0 Å². The van der Waals surface area contributed by atoms with E-state index in [4.69, 9.17) is 0 Å². The van der Waals surface area contributed by atoms with E-state index in [9.17, 15) is 0 Å². The van der Waals surface area contributed by atoms with E-state index in [1.807, 2.05) is 28.8 Å². The van der Waals surface area contributed by atoms with Crippen molar-refractivity contribution in [2.75, 3.05) is 7.05 Å². The van der Waals surface area contributed by atoms with E-state index < -0.39 is 0 Å². The van der Waals surface area contributed by atoms with Crippen LogP contribution in [0.5, 0.6) is 0 Å². The summed E-state index contributed by atoms with van der Waals surface area (Å²) in [7, 11) is 1.80. The number of aromatic nitrogens is 3. The van der Waals surface area contributed by atoms with Gasteiger partial charge in [0, 0.05) is 25.2 Å². The fourth-order valence-corrected chi connectivity index (χ4v) is 3.40. The van der Waals surface area contributed by atoms with Crippen LogP contribution in [0.15, 0.2) is 53.7 Å². The van der Waals surface area contributed by atoms with Crippen molar-refractivity contribution in [1.82, 2.24) is 25.2 Å². The quantitative estimate of drug-likeness (QED) is 0.541. The zero-order chi connectivity index (χ0) is 18.8. The standard InChI is InChI=1S/C21H26N6/c1-14(2)15-7-9-16(10-8-15)17-12-18(17)24-21(22-3)23-13-20-26-25-19-6-4-5-11-27(19)20/h4-11,14,17-18H,12-13H2,1-3H3,(H2,22,23,24). The van der Waals surface area contributed by atoms with Gasteiger partial charge >= 0.3 is 0 Å². The molecule has 1 aliphatic rings. The van der Waals surface area contributed by atoms with Crippen LogP contribution in [0.1, 0.15) is 49.1 Å². The van der Waals surface area contributed by atoms with Gasteiger partial charge in [0.25, 0.3) is 0 Å². The van der Waals surface area contributed by atoms with Crippen molar-refractivity contribution < 1.29 is 0 Å². The van der Waals surface area contributed by atoms with Gasteiger partial charge in [-0.25, -0.2) is 0 Å². The lowest BCUT2D eigenvalue weighted by atomic mass is 10.0. The van der Waals surface area contributed by atoms with E-state index >= 15 is 0 Å². The summed E-state index contributed by atoms with van der Waals surface area (Å²) in [6, 6.07) is 15.3. The minimum Gasteiger partial charge on any atom is -0.353 e. The highest BCUT2D eigenvalue weighted by Crippen LogP contribution is 2.41. The lowest BCUT2D eigenvalue weighted by Crippen LogP contribution is -2.39. The highest BCUT2D eigenvalue weighted by molar-refractivity contribution is 5.80. The predicted octanol–water partition coefficient (Wildman–Crippen LogP) is 3.07. The zero-order valence-electron chi connectivity index (χ0n) is 16.1. The Morgan fingerprint density at radius 1 is 1.19 bits per heavy atom. The van der Waals surface area contributed by atoms with Crippen molar-refractivity contribution in [3.05, 3.63) is 65.6 Å². The van der Waals surface area contributed by atoms with Gasteiger partial charge in [-0.3, -0.25) is 9.39 Å². The van der Waals surface area contributed by atoms with E-state index in [0.717, 1.165) is 23.9 Å². The second-order valence-corrected chi connectivity index (χ2v) is 7.39. The van der Waals surface area contributed by atoms with Gasteiger partial charge in [0.2, 0.25) is 0 Å². The van der Waals surface area contributed by atoms with Crippen LogP contribution in [0.2, 0.25) is 0 Å². The van der Waals surface area contributed by atoms with Crippen molar-refractivity contribution in [3.8, 4) is 0 Å². The number of pyridine rings is 1. The number of aliphatic imine (C=N–C) groups is 1. The van der Waals surface area contributed by atoms with Crippen LogP contribution in [0.4, 0.5) is 0 Å². The Hall–Kier alpha value is -2.89. The van der Waals surface area contributed by atoms with Crippen molar-refractivity contribution >= 4 is 11.6 Å². The summed E-state index contributed by atoms with van der Waals surface area (Å²) < 4.78 is 1.98. The summed E-state index contributed by atoms with van der Waals surface area (Å²) in [5.41, 5.74) is 3.64. The summed E-state index contributed by atoms with van der Waals surface area (Å²) >= 11 is 0. The average molecular weight is 362 g/mol. The second kappa shape index (κ2) is 7.39. The van der Waals surface area contributed by atoms with E-state index in [2.05, 4.69) is 63.9 Å². The molecule has 6 heteroatoms. The summed E-state index contributed by atoms with van der Waals surface area (Å²) in [6.07, 6.45) is 3.11. The Morgan fingerprint density at radius 3 is 2.74 bits per heavy atom. The SMILES string of the molecule is CN=C(NCc1nnc2ccccn12)NC1CC1c1ccc(C(C)C)cc1. The maximum atomic E-state index is 4.35. The van der Waals surface area contributed by atoms with Crippen LogP contribution in [0.25, 0.3) is 5.65 Å². The average Bonchev–Trinajstić information content (AvgIpc) is 3.35. The van der Waals surface area contributed by atoms with Crippen LogP contribution < -0.4 is 10.6 Å². The molecule has 4 rings (SSSR count). The normalized spacial score (nSPS) is 19.5. The molecule has 0 radical (unpaired) electrons. The Balaban J connectivity index is 1.33. The highest BCUT2D eigenvalue weighted by Gasteiger charge is 2.39. The molecule has 1 aliphatic carbocycles. The molecule has 1 saturated carbocycles. The summed E-state index contributed by atoms with van der Waals surface area (Å²) in [4.78, 5) is 4.35. The molecule has 0 saturated heterocycles. The number of nitrogens with zero attached hydrogens (tertiary/aromatic N) is 4. The first-order valence-corrected chi connectivity index (χ1v) is 9.51. The largest absolute Gasteiger partial charge is 0.353 e. The Morgan fingerprint density at radius 2 is 2.00 bits per heavy atom. The molecular formula is C21H26N6. The highest BCUT2D eigenvalue weighted by atomic mass is 15.3. The molecule has 0 bridgehead atoms. The van der Waals surface area contributed by atoms with E-state index in [-0.39, 0.29) is 0 Å². The topological polar surface area (TPSA) is 66.6 Å². The molecule has 2 N–H and O–H groups in total. The smallest absolute Gasteiger partial charge is 0.191 e. The first kappa shape index (κ1) is 17.5. The van der Waals surface area contributed by atoms with Crippen LogP contribution in [-0.2, 0) is 6.54 Å². The molecule has 2 heterocycles. The van der Waals surface area contributed by atoms with Gasteiger partial charge in [-0.15, -0.1) is 10.2 Å². The fourth-order valence-electron chi connectivity index (χ4n) is 3.40. The number of rotatable bonds is 5. The van der Waals surface area contributed by atoms with Gasteiger partial charge in [0.1, 0.15) is 0 Å². The first-order chi connectivity index (χ1) is 13.2. The zero-order valence-corrected chi connectivity index (χ0v) is 16.1. The molecule has 2 atom stereocenters. The molecule has 6 nitrogen and oxygen atoms in total. The third-order valence-corrected chi connectivity index (χ3v) is 5.17. The second-order valence-electron chi connectivity index (χ2n) is 7.39. The number of hydrogen-bond acceptors (Lipinski definition) is 3. The number of hydrogen-bond donors (Lipinski definition) is 2. The van der Waals surface area contributed by atoms with Crippen molar-refractivity contribution in [3.63, 3.8) is 0 Å². The van der Waals surface area contributed by atoms with Crippen LogP contribution in [0, 0.1) is 0 Å². The molecule has 0 spiro atoms. The Kier molecular flexibility index (Phi) is 4.79. The maximum Gasteiger partial charge on any atom is 0.191 e. The molecule has 2 unspecified atom stereocenters. The predicted molar refractivity (Wildman–Crippen MR) is 108 cm³/mol. The monoisotopic (exact) mass is 362 g/mol. The van der Waals surface area contributed by atoms with Crippen molar-refractivity contribution in [2.24, 2.45) is 4.99 Å². The number of nitrogens with one attached hydrogen (secondary N) is 2. The van der Waals surface area contributed by atoms with Crippen LogP contribution in [0.3, 0.4) is 0 Å². The molecule has 2 aromatic heterocycles. The maximum absolute atomic E-state index is 4.35. The Labute approximate surface area is 159 Å². The minimum absolute atomic E-state index is 0.427. The molecule has 27 heavy (non-hydrogen) atoms. The number of benzene rings is 1. The van der Waals surface area contributed by atoms with E-state index in [0.29, 0.717) is 24.4 Å².